The molecule has 1 aromatic carbocycles. The number of allylic oxidation sites excluding steroid dienone is 1. The summed E-state index contributed by atoms with van der Waals surface area (Å²) in [5, 5.41) is 3.22. The number of fused-ring (bicyclic) bond motifs is 1. The highest BCUT2D eigenvalue weighted by Gasteiger charge is 2.33. The molecular formula is C30H35FN2O2. The minimum Gasteiger partial charge on any atom is -0.465 e. The Hall–Kier alpha value is -2.79. The Morgan fingerprint density at radius 1 is 1.20 bits per heavy atom. The van der Waals surface area contributed by atoms with Crippen LogP contribution >= 0.6 is 0 Å². The van der Waals surface area contributed by atoms with Crippen molar-refractivity contribution in [2.45, 2.75) is 58.8 Å². The number of pyridine rings is 1. The summed E-state index contributed by atoms with van der Waals surface area (Å²) in [5.74, 6) is -0.202. The average molecular weight is 475 g/mol. The van der Waals surface area contributed by atoms with Gasteiger partial charge < -0.3 is 10.1 Å². The van der Waals surface area contributed by atoms with Gasteiger partial charge in [0.2, 0.25) is 0 Å². The molecule has 2 aromatic rings. The van der Waals surface area contributed by atoms with E-state index in [2.05, 4.69) is 19.2 Å². The number of ether oxygens (including phenoxy) is 1. The maximum Gasteiger partial charge on any atom is 0.337 e. The molecule has 1 aromatic heterocycles. The van der Waals surface area contributed by atoms with Crippen LogP contribution in [-0.2, 0) is 11.2 Å². The molecule has 1 saturated heterocycles. The van der Waals surface area contributed by atoms with Crippen LogP contribution in [0.3, 0.4) is 0 Å². The zero-order valence-corrected chi connectivity index (χ0v) is 21.0. The van der Waals surface area contributed by atoms with Gasteiger partial charge in [0.1, 0.15) is 11.5 Å². The van der Waals surface area contributed by atoms with Crippen molar-refractivity contribution in [3.05, 3.63) is 75.4 Å². The fraction of sp³-hybridized carbons (Fsp3) is 0.467. The van der Waals surface area contributed by atoms with Crippen molar-refractivity contribution in [2.24, 2.45) is 11.3 Å². The van der Waals surface area contributed by atoms with Crippen LogP contribution in [0.25, 0.3) is 11.6 Å². The van der Waals surface area contributed by atoms with Gasteiger partial charge in [0.25, 0.3) is 0 Å². The number of carbonyl (C=O) groups is 1. The molecule has 184 valence electrons. The number of hydrogen-bond acceptors (Lipinski definition) is 4. The Balaban J connectivity index is 1.65. The summed E-state index contributed by atoms with van der Waals surface area (Å²) in [6.07, 6.45) is 11.3. The quantitative estimate of drug-likeness (QED) is 0.525. The van der Waals surface area contributed by atoms with Crippen molar-refractivity contribution in [2.75, 3.05) is 20.2 Å². The SMILES string of the molecule is COC(=O)c1ccc2c(c1)CCCC(C1CCCC(C)(C)C1)=C2c1ncc(C=C2CNC2)cc1F. The molecule has 0 radical (unpaired) electrons. The second-order valence-corrected chi connectivity index (χ2v) is 11.1. The monoisotopic (exact) mass is 474 g/mol. The van der Waals surface area contributed by atoms with Gasteiger partial charge in [-0.2, -0.15) is 0 Å². The number of methoxy groups -OCH3 is 1. The number of carbonyl (C=O) groups excluding carboxylic acids is 1. The molecule has 1 N–H and O–H groups in total. The van der Waals surface area contributed by atoms with Gasteiger partial charge in [0.15, 0.2) is 0 Å². The van der Waals surface area contributed by atoms with E-state index in [4.69, 9.17) is 9.72 Å². The van der Waals surface area contributed by atoms with Crippen molar-refractivity contribution in [1.82, 2.24) is 10.3 Å². The van der Waals surface area contributed by atoms with E-state index < -0.39 is 0 Å². The highest BCUT2D eigenvalue weighted by atomic mass is 19.1. The molecule has 2 heterocycles. The summed E-state index contributed by atoms with van der Waals surface area (Å²) in [6, 6.07) is 7.33. The van der Waals surface area contributed by atoms with E-state index >= 15 is 4.39 Å². The van der Waals surface area contributed by atoms with Crippen LogP contribution in [-0.4, -0.2) is 31.2 Å². The minimum atomic E-state index is -0.344. The average Bonchev–Trinajstić information content (AvgIpc) is 2.99. The predicted octanol–water partition coefficient (Wildman–Crippen LogP) is 6.35. The zero-order chi connectivity index (χ0) is 24.6. The molecule has 5 rings (SSSR count). The molecule has 5 heteroatoms. The number of hydrogen-bond donors (Lipinski definition) is 1. The first kappa shape index (κ1) is 23.9. The van der Waals surface area contributed by atoms with Crippen molar-refractivity contribution < 1.29 is 13.9 Å². The van der Waals surface area contributed by atoms with E-state index in [1.807, 2.05) is 18.2 Å². The molecule has 3 aliphatic rings. The van der Waals surface area contributed by atoms with Gasteiger partial charge in [0, 0.05) is 24.9 Å². The highest BCUT2D eigenvalue weighted by molar-refractivity contribution is 5.91. The molecule has 1 unspecified atom stereocenters. The maximum absolute atomic E-state index is 15.8. The first-order valence-corrected chi connectivity index (χ1v) is 12.9. The number of esters is 1. The largest absolute Gasteiger partial charge is 0.465 e. The van der Waals surface area contributed by atoms with Gasteiger partial charge in [-0.3, -0.25) is 4.98 Å². The Morgan fingerprint density at radius 3 is 2.71 bits per heavy atom. The highest BCUT2D eigenvalue weighted by Crippen LogP contribution is 2.47. The maximum atomic E-state index is 15.8. The lowest BCUT2D eigenvalue weighted by Gasteiger charge is -2.37. The van der Waals surface area contributed by atoms with Gasteiger partial charge in [-0.25, -0.2) is 9.18 Å². The summed E-state index contributed by atoms with van der Waals surface area (Å²) in [4.78, 5) is 16.9. The lowest BCUT2D eigenvalue weighted by molar-refractivity contribution is 0.0600. The van der Waals surface area contributed by atoms with Crippen molar-refractivity contribution in [1.29, 1.82) is 0 Å². The number of halogens is 1. The second kappa shape index (κ2) is 9.69. The van der Waals surface area contributed by atoms with E-state index in [0.29, 0.717) is 17.2 Å². The van der Waals surface area contributed by atoms with Crippen molar-refractivity contribution in [3.8, 4) is 0 Å². The van der Waals surface area contributed by atoms with Crippen LogP contribution in [0.4, 0.5) is 4.39 Å². The fourth-order valence-electron chi connectivity index (χ4n) is 6.06. The third kappa shape index (κ3) is 4.97. The first-order valence-electron chi connectivity index (χ1n) is 12.9. The number of rotatable bonds is 4. The van der Waals surface area contributed by atoms with Gasteiger partial charge in [-0.1, -0.05) is 38.0 Å². The zero-order valence-electron chi connectivity index (χ0n) is 21.0. The Bertz CT molecular complexity index is 1200. The van der Waals surface area contributed by atoms with Gasteiger partial charge >= 0.3 is 5.97 Å². The van der Waals surface area contributed by atoms with Crippen LogP contribution in [0.1, 0.15) is 85.1 Å². The van der Waals surface area contributed by atoms with Crippen molar-refractivity contribution >= 4 is 17.6 Å². The van der Waals surface area contributed by atoms with Crippen molar-refractivity contribution in [3.63, 3.8) is 0 Å². The van der Waals surface area contributed by atoms with Gasteiger partial charge in [0.05, 0.1) is 12.7 Å². The smallest absolute Gasteiger partial charge is 0.337 e. The number of nitrogens with one attached hydrogen (secondary N) is 1. The predicted molar refractivity (Wildman–Crippen MR) is 138 cm³/mol. The van der Waals surface area contributed by atoms with Gasteiger partial charge in [-0.05, 0) is 90.3 Å². The Morgan fingerprint density at radius 2 is 2.03 bits per heavy atom. The lowest BCUT2D eigenvalue weighted by Crippen LogP contribution is -2.33. The molecule has 35 heavy (non-hydrogen) atoms. The molecule has 1 atom stereocenters. The Kier molecular flexibility index (Phi) is 6.63. The molecule has 2 fully saturated rings. The summed E-state index contributed by atoms with van der Waals surface area (Å²) in [5.41, 5.74) is 7.68. The number of aryl methyl sites for hydroxylation is 1. The van der Waals surface area contributed by atoms with E-state index in [0.717, 1.165) is 67.5 Å². The molecule has 0 bridgehead atoms. The Labute approximate surface area is 207 Å². The van der Waals surface area contributed by atoms with E-state index in [1.165, 1.54) is 31.1 Å². The summed E-state index contributed by atoms with van der Waals surface area (Å²) in [6.45, 7) is 6.41. The molecule has 0 spiro atoms. The third-order valence-corrected chi connectivity index (χ3v) is 7.88. The molecule has 0 amide bonds. The van der Waals surface area contributed by atoms with E-state index in [9.17, 15) is 4.79 Å². The van der Waals surface area contributed by atoms with Crippen LogP contribution in [0.15, 0.2) is 41.6 Å². The topological polar surface area (TPSA) is 51.2 Å². The fourth-order valence-corrected chi connectivity index (χ4v) is 6.06. The van der Waals surface area contributed by atoms with Gasteiger partial charge in [-0.15, -0.1) is 0 Å². The van der Waals surface area contributed by atoms with Crippen LogP contribution in [0.2, 0.25) is 0 Å². The van der Waals surface area contributed by atoms with E-state index in [-0.39, 0.29) is 17.2 Å². The second-order valence-electron chi connectivity index (χ2n) is 11.1. The summed E-state index contributed by atoms with van der Waals surface area (Å²) < 4.78 is 20.7. The standard InChI is InChI=1S/C30H35FN2O2/c1-30(2)11-5-7-23(15-30)24-8-4-6-21-14-22(29(34)35-3)9-10-25(21)27(24)28-26(31)13-19(18-33-28)12-20-16-32-17-20/h9-10,12-14,18,23,32H,4-8,11,15-17H2,1-3H3. The normalized spacial score (nSPS) is 21.6. The van der Waals surface area contributed by atoms with Crippen LogP contribution in [0.5, 0.6) is 0 Å². The molecule has 1 aliphatic heterocycles. The molecular weight excluding hydrogens is 439 g/mol. The number of nitrogens with zero attached hydrogens (tertiary/aromatic N) is 1. The van der Waals surface area contributed by atoms with Crippen LogP contribution < -0.4 is 5.32 Å². The van der Waals surface area contributed by atoms with Crippen LogP contribution in [0, 0.1) is 17.2 Å². The summed E-state index contributed by atoms with van der Waals surface area (Å²) >= 11 is 0. The number of aromatic nitrogens is 1. The third-order valence-electron chi connectivity index (χ3n) is 7.88. The summed E-state index contributed by atoms with van der Waals surface area (Å²) in [7, 11) is 1.40. The van der Waals surface area contributed by atoms with E-state index in [1.54, 1.807) is 18.3 Å². The molecule has 4 nitrogen and oxygen atoms in total. The first-order chi connectivity index (χ1) is 16.8. The minimum absolute atomic E-state index is 0.279. The molecule has 1 saturated carbocycles. The number of benzene rings is 1. The lowest BCUT2D eigenvalue weighted by atomic mass is 9.68. The molecule has 2 aliphatic carbocycles.